The molecule has 5 nitrogen and oxygen atoms in total. The van der Waals surface area contributed by atoms with E-state index in [-0.39, 0.29) is 17.6 Å². The molecule has 0 aromatic heterocycles. The third-order valence-corrected chi connectivity index (χ3v) is 5.91. The van der Waals surface area contributed by atoms with E-state index in [0.717, 1.165) is 24.0 Å². The minimum Gasteiger partial charge on any atom is -0.352 e. The molecule has 1 aromatic rings. The molecule has 0 aliphatic carbocycles. The van der Waals surface area contributed by atoms with Gasteiger partial charge in [-0.2, -0.15) is 0 Å². The van der Waals surface area contributed by atoms with Gasteiger partial charge in [-0.05, 0) is 32.3 Å². The first-order valence-corrected chi connectivity index (χ1v) is 9.34. The molecular formula is C16H24N2O3S. The van der Waals surface area contributed by atoms with Crippen LogP contribution in [-0.4, -0.2) is 37.5 Å². The van der Waals surface area contributed by atoms with Gasteiger partial charge in [-0.3, -0.25) is 4.79 Å². The third-order valence-electron chi connectivity index (χ3n) is 4.06. The number of carbonyl (C=O) groups is 1. The Bertz CT molecular complexity index is 628. The Hall–Kier alpha value is -1.40. The molecule has 2 rings (SSSR count). The van der Waals surface area contributed by atoms with Crippen LogP contribution in [0.3, 0.4) is 0 Å². The minimum atomic E-state index is -3.21. The van der Waals surface area contributed by atoms with Crippen LogP contribution in [0.1, 0.15) is 30.9 Å². The van der Waals surface area contributed by atoms with Crippen molar-refractivity contribution in [3.8, 4) is 0 Å². The molecule has 0 radical (unpaired) electrons. The van der Waals surface area contributed by atoms with Gasteiger partial charge in [-0.25, -0.2) is 12.7 Å². The number of nitrogens with one attached hydrogen (secondary N) is 1. The normalized spacial score (nSPS) is 19.8. The molecule has 22 heavy (non-hydrogen) atoms. The van der Waals surface area contributed by atoms with Gasteiger partial charge in [0.1, 0.15) is 0 Å². The van der Waals surface area contributed by atoms with Crippen molar-refractivity contribution in [2.45, 2.75) is 33.2 Å². The van der Waals surface area contributed by atoms with Crippen molar-refractivity contribution in [1.82, 2.24) is 9.62 Å². The number of aryl methyl sites for hydroxylation is 1. The number of rotatable bonds is 5. The predicted octanol–water partition coefficient (Wildman–Crippen LogP) is 1.67. The monoisotopic (exact) mass is 324 g/mol. The van der Waals surface area contributed by atoms with Gasteiger partial charge >= 0.3 is 0 Å². The van der Waals surface area contributed by atoms with E-state index in [1.807, 2.05) is 31.2 Å². The van der Waals surface area contributed by atoms with Gasteiger partial charge in [0.2, 0.25) is 15.9 Å². The number of nitrogens with zero attached hydrogens (tertiary/aromatic N) is 1. The van der Waals surface area contributed by atoms with Gasteiger partial charge in [0.25, 0.3) is 0 Å². The summed E-state index contributed by atoms with van der Waals surface area (Å²) in [7, 11) is -3.21. The van der Waals surface area contributed by atoms with Crippen LogP contribution in [0, 0.1) is 12.8 Å². The zero-order valence-corrected chi connectivity index (χ0v) is 14.0. The molecule has 1 atom stereocenters. The summed E-state index contributed by atoms with van der Waals surface area (Å²) in [4.78, 5) is 12.3. The van der Waals surface area contributed by atoms with Gasteiger partial charge in [0, 0.05) is 19.6 Å². The second kappa shape index (κ2) is 7.24. The Kier molecular flexibility index (Phi) is 5.58. The molecule has 1 aromatic carbocycles. The van der Waals surface area contributed by atoms with Crippen molar-refractivity contribution in [2.24, 2.45) is 5.92 Å². The zero-order chi connectivity index (χ0) is 16.2. The van der Waals surface area contributed by atoms with Crippen LogP contribution >= 0.6 is 0 Å². The Morgan fingerprint density at radius 3 is 2.86 bits per heavy atom. The summed E-state index contributed by atoms with van der Waals surface area (Å²) in [5.41, 5.74) is 2.21. The summed E-state index contributed by atoms with van der Waals surface area (Å²) in [6.07, 6.45) is 1.48. The highest BCUT2D eigenvalue weighted by Gasteiger charge is 2.31. The maximum Gasteiger partial charge on any atom is 0.224 e. The molecular weight excluding hydrogens is 300 g/mol. The molecule has 0 bridgehead atoms. The van der Waals surface area contributed by atoms with Crippen LogP contribution in [0.2, 0.25) is 0 Å². The largest absolute Gasteiger partial charge is 0.352 e. The highest BCUT2D eigenvalue weighted by atomic mass is 32.2. The van der Waals surface area contributed by atoms with Crippen LogP contribution < -0.4 is 5.32 Å². The molecule has 122 valence electrons. The standard InChI is InChI=1S/C16H24N2O3S/c1-3-22(20,21)18-9-5-8-15(12-18)16(19)17-11-14-7-4-6-13(2)10-14/h4,6-7,10,15H,3,5,8-9,11-12H2,1-2H3,(H,17,19)/t15-/m1/s1. The Morgan fingerprint density at radius 2 is 2.18 bits per heavy atom. The first kappa shape index (κ1) is 17.0. The number of hydrogen-bond donors (Lipinski definition) is 1. The van der Waals surface area contributed by atoms with E-state index in [0.29, 0.717) is 19.6 Å². The van der Waals surface area contributed by atoms with Gasteiger partial charge < -0.3 is 5.32 Å². The molecule has 0 spiro atoms. The number of sulfonamides is 1. The lowest BCUT2D eigenvalue weighted by Crippen LogP contribution is -2.45. The van der Waals surface area contributed by atoms with Gasteiger partial charge in [0.15, 0.2) is 0 Å². The van der Waals surface area contributed by atoms with E-state index in [4.69, 9.17) is 0 Å². The van der Waals surface area contributed by atoms with Crippen molar-refractivity contribution >= 4 is 15.9 Å². The summed E-state index contributed by atoms with van der Waals surface area (Å²) in [5, 5.41) is 2.93. The molecule has 1 saturated heterocycles. The Balaban J connectivity index is 1.92. The third kappa shape index (κ3) is 4.30. The highest BCUT2D eigenvalue weighted by molar-refractivity contribution is 7.89. The van der Waals surface area contributed by atoms with E-state index >= 15 is 0 Å². The first-order chi connectivity index (χ1) is 10.4. The maximum absolute atomic E-state index is 12.3. The number of hydrogen-bond acceptors (Lipinski definition) is 3. The van der Waals surface area contributed by atoms with Crippen LogP contribution in [0.25, 0.3) is 0 Å². The fourth-order valence-corrected chi connectivity index (χ4v) is 3.93. The molecule has 1 fully saturated rings. The lowest BCUT2D eigenvalue weighted by Gasteiger charge is -2.30. The topological polar surface area (TPSA) is 66.5 Å². The molecule has 0 saturated carbocycles. The average Bonchev–Trinajstić information content (AvgIpc) is 2.53. The molecule has 0 unspecified atom stereocenters. The van der Waals surface area contributed by atoms with Gasteiger partial charge in [-0.15, -0.1) is 0 Å². The predicted molar refractivity (Wildman–Crippen MR) is 86.8 cm³/mol. The van der Waals surface area contributed by atoms with E-state index < -0.39 is 10.0 Å². The van der Waals surface area contributed by atoms with Crippen molar-refractivity contribution < 1.29 is 13.2 Å². The van der Waals surface area contributed by atoms with Crippen molar-refractivity contribution in [3.05, 3.63) is 35.4 Å². The fourth-order valence-electron chi connectivity index (χ4n) is 2.75. The Morgan fingerprint density at radius 1 is 1.41 bits per heavy atom. The Labute approximate surface area is 132 Å². The molecule has 1 N–H and O–H groups in total. The quantitative estimate of drug-likeness (QED) is 0.896. The number of carbonyl (C=O) groups excluding carboxylic acids is 1. The van der Waals surface area contributed by atoms with Gasteiger partial charge in [-0.1, -0.05) is 29.8 Å². The summed E-state index contributed by atoms with van der Waals surface area (Å²) in [6.45, 7) is 4.96. The van der Waals surface area contributed by atoms with E-state index in [1.54, 1.807) is 6.92 Å². The smallest absolute Gasteiger partial charge is 0.224 e. The summed E-state index contributed by atoms with van der Waals surface area (Å²) >= 11 is 0. The second-order valence-corrected chi connectivity index (χ2v) is 8.06. The molecule has 6 heteroatoms. The molecule has 1 amide bonds. The highest BCUT2D eigenvalue weighted by Crippen LogP contribution is 2.19. The van der Waals surface area contributed by atoms with Crippen molar-refractivity contribution in [3.63, 3.8) is 0 Å². The SMILES string of the molecule is CCS(=O)(=O)N1CCC[C@@H](C(=O)NCc2cccc(C)c2)C1. The van der Waals surface area contributed by atoms with Crippen LogP contribution in [0.4, 0.5) is 0 Å². The van der Waals surface area contributed by atoms with Gasteiger partial charge in [0.05, 0.1) is 11.7 Å². The van der Waals surface area contributed by atoms with Crippen LogP contribution in [-0.2, 0) is 21.4 Å². The fraction of sp³-hybridized carbons (Fsp3) is 0.562. The number of amides is 1. The van der Waals surface area contributed by atoms with E-state index in [2.05, 4.69) is 5.32 Å². The average molecular weight is 324 g/mol. The van der Waals surface area contributed by atoms with Crippen LogP contribution in [0.15, 0.2) is 24.3 Å². The second-order valence-electron chi connectivity index (χ2n) is 5.80. The molecule has 1 aliphatic heterocycles. The summed E-state index contributed by atoms with van der Waals surface area (Å²) < 4.78 is 25.3. The zero-order valence-electron chi connectivity index (χ0n) is 13.2. The minimum absolute atomic E-state index is 0.0579. The summed E-state index contributed by atoms with van der Waals surface area (Å²) in [6, 6.07) is 7.99. The van der Waals surface area contributed by atoms with E-state index in [1.165, 1.54) is 4.31 Å². The lowest BCUT2D eigenvalue weighted by molar-refractivity contribution is -0.126. The molecule has 1 aliphatic rings. The van der Waals surface area contributed by atoms with E-state index in [9.17, 15) is 13.2 Å². The first-order valence-electron chi connectivity index (χ1n) is 7.73. The van der Waals surface area contributed by atoms with Crippen molar-refractivity contribution in [1.29, 1.82) is 0 Å². The summed E-state index contributed by atoms with van der Waals surface area (Å²) in [5.74, 6) is -0.220. The van der Waals surface area contributed by atoms with Crippen LogP contribution in [0.5, 0.6) is 0 Å². The number of piperidine rings is 1. The molecule has 1 heterocycles. The maximum atomic E-state index is 12.3. The number of benzene rings is 1. The lowest BCUT2D eigenvalue weighted by atomic mass is 9.98. The van der Waals surface area contributed by atoms with Crippen molar-refractivity contribution in [2.75, 3.05) is 18.8 Å².